The van der Waals surface area contributed by atoms with Gasteiger partial charge in [-0.3, -0.25) is 4.79 Å². The van der Waals surface area contributed by atoms with Crippen LogP contribution < -0.4 is 4.74 Å². The molecule has 2 unspecified atom stereocenters. The zero-order chi connectivity index (χ0) is 22.8. The minimum absolute atomic E-state index is 0.0612. The van der Waals surface area contributed by atoms with Gasteiger partial charge in [0.1, 0.15) is 11.6 Å². The molecule has 2 aromatic rings. The Bertz CT molecular complexity index is 1030. The summed E-state index contributed by atoms with van der Waals surface area (Å²) in [6, 6.07) is 11.4. The Labute approximate surface area is 184 Å². The number of aryl methyl sites for hydroxylation is 1. The van der Waals surface area contributed by atoms with Crippen LogP contribution in [0, 0.1) is 12.7 Å². The van der Waals surface area contributed by atoms with Crippen molar-refractivity contribution in [2.75, 3.05) is 11.5 Å². The number of rotatable bonds is 7. The van der Waals surface area contributed by atoms with Crippen LogP contribution in [0.1, 0.15) is 49.8 Å². The van der Waals surface area contributed by atoms with Gasteiger partial charge in [-0.25, -0.2) is 12.8 Å². The summed E-state index contributed by atoms with van der Waals surface area (Å²) in [7, 11) is -3.18. The number of sulfone groups is 1. The summed E-state index contributed by atoms with van der Waals surface area (Å²) < 4.78 is 43.5. The van der Waals surface area contributed by atoms with Gasteiger partial charge < -0.3 is 9.64 Å². The van der Waals surface area contributed by atoms with Crippen molar-refractivity contribution in [3.05, 3.63) is 65.0 Å². The predicted octanol–water partition coefficient (Wildman–Crippen LogP) is 4.24. The molecule has 0 aromatic heterocycles. The minimum Gasteiger partial charge on any atom is -0.481 e. The lowest BCUT2D eigenvalue weighted by atomic mass is 10.0. The lowest BCUT2D eigenvalue weighted by molar-refractivity contribution is -0.140. The van der Waals surface area contributed by atoms with Crippen LogP contribution in [0.15, 0.2) is 42.5 Å². The summed E-state index contributed by atoms with van der Waals surface area (Å²) in [5, 5.41) is 0. The fourth-order valence-electron chi connectivity index (χ4n) is 3.89. The molecule has 0 N–H and O–H groups in total. The van der Waals surface area contributed by atoms with E-state index < -0.39 is 22.0 Å². The molecule has 7 heteroatoms. The second-order valence-corrected chi connectivity index (χ2v) is 10.8. The molecule has 0 spiro atoms. The first-order valence-electron chi connectivity index (χ1n) is 10.6. The van der Waals surface area contributed by atoms with Crippen molar-refractivity contribution >= 4 is 15.7 Å². The topological polar surface area (TPSA) is 63.7 Å². The van der Waals surface area contributed by atoms with E-state index in [-0.39, 0.29) is 35.7 Å². The van der Waals surface area contributed by atoms with Crippen LogP contribution in [0.3, 0.4) is 0 Å². The van der Waals surface area contributed by atoms with Gasteiger partial charge in [0.05, 0.1) is 11.5 Å². The van der Waals surface area contributed by atoms with Crippen molar-refractivity contribution in [1.82, 2.24) is 4.90 Å². The first kappa shape index (κ1) is 23.3. The van der Waals surface area contributed by atoms with Crippen molar-refractivity contribution in [2.45, 2.75) is 58.7 Å². The molecule has 0 aliphatic carbocycles. The fourth-order valence-corrected chi connectivity index (χ4v) is 5.62. The van der Waals surface area contributed by atoms with Crippen LogP contribution in [0.4, 0.5) is 4.39 Å². The fraction of sp³-hybridized carbons (Fsp3) is 0.458. The lowest BCUT2D eigenvalue weighted by Crippen LogP contribution is -2.46. The Morgan fingerprint density at radius 3 is 2.42 bits per heavy atom. The van der Waals surface area contributed by atoms with Crippen LogP contribution in [0.2, 0.25) is 0 Å². The first-order chi connectivity index (χ1) is 14.6. The van der Waals surface area contributed by atoms with Gasteiger partial charge in [0.15, 0.2) is 15.9 Å². The Hall–Kier alpha value is -2.41. The van der Waals surface area contributed by atoms with E-state index in [9.17, 15) is 17.6 Å². The van der Waals surface area contributed by atoms with Gasteiger partial charge in [-0.2, -0.15) is 0 Å². The monoisotopic (exact) mass is 447 g/mol. The zero-order valence-corrected chi connectivity index (χ0v) is 19.3. The minimum atomic E-state index is -3.18. The third-order valence-electron chi connectivity index (χ3n) is 5.64. The molecular weight excluding hydrogens is 417 g/mol. The molecule has 168 valence electrons. The highest BCUT2D eigenvalue weighted by Gasteiger charge is 2.36. The molecule has 1 aliphatic rings. The van der Waals surface area contributed by atoms with Crippen LogP contribution in [0.25, 0.3) is 0 Å². The Balaban J connectivity index is 1.85. The van der Waals surface area contributed by atoms with Crippen LogP contribution in [-0.2, 0) is 21.2 Å². The average molecular weight is 448 g/mol. The summed E-state index contributed by atoms with van der Waals surface area (Å²) in [6.45, 7) is 7.99. The zero-order valence-electron chi connectivity index (χ0n) is 18.5. The van der Waals surface area contributed by atoms with E-state index in [1.54, 1.807) is 24.0 Å². The molecule has 2 aromatic carbocycles. The molecule has 1 aliphatic heterocycles. The largest absolute Gasteiger partial charge is 0.481 e. The third kappa shape index (κ3) is 5.85. The highest BCUT2D eigenvalue weighted by molar-refractivity contribution is 7.91. The van der Waals surface area contributed by atoms with Gasteiger partial charge in [0.2, 0.25) is 0 Å². The van der Waals surface area contributed by atoms with Crippen molar-refractivity contribution in [3.63, 3.8) is 0 Å². The summed E-state index contributed by atoms with van der Waals surface area (Å²) in [4.78, 5) is 15.0. The number of benzene rings is 2. The number of carbonyl (C=O) groups excluding carboxylic acids is 1. The van der Waals surface area contributed by atoms with Gasteiger partial charge in [-0.15, -0.1) is 0 Å². The maximum atomic E-state index is 13.4. The van der Waals surface area contributed by atoms with E-state index in [0.717, 1.165) is 16.7 Å². The number of nitrogens with zero attached hydrogens (tertiary/aromatic N) is 1. The molecule has 0 saturated carbocycles. The normalized spacial score (nSPS) is 18.7. The standard InChI is InChI=1S/C24H30FNO4S/c1-16(2)22-10-5-17(3)13-23(22)30-18(4)24(27)26(21-11-12-31(28,29)15-21)14-19-6-8-20(25)9-7-19/h5-10,13,16,18,21H,11-12,14-15H2,1-4H3. The van der Waals surface area contributed by atoms with Crippen LogP contribution in [-0.4, -0.2) is 42.9 Å². The maximum absolute atomic E-state index is 13.4. The maximum Gasteiger partial charge on any atom is 0.263 e. The van der Waals surface area contributed by atoms with Crippen molar-refractivity contribution in [2.24, 2.45) is 0 Å². The number of amides is 1. The number of ether oxygens (including phenoxy) is 1. The Morgan fingerprint density at radius 2 is 1.84 bits per heavy atom. The first-order valence-corrected chi connectivity index (χ1v) is 12.4. The SMILES string of the molecule is Cc1ccc(C(C)C)c(OC(C)C(=O)N(Cc2ccc(F)cc2)C2CCS(=O)(=O)C2)c1. The van der Waals surface area contributed by atoms with Gasteiger partial charge in [-0.1, -0.05) is 38.1 Å². The molecule has 0 radical (unpaired) electrons. The predicted molar refractivity (Wildman–Crippen MR) is 119 cm³/mol. The molecule has 5 nitrogen and oxygen atoms in total. The number of hydrogen-bond donors (Lipinski definition) is 0. The van der Waals surface area contributed by atoms with Crippen molar-refractivity contribution < 1.29 is 22.3 Å². The van der Waals surface area contributed by atoms with Gasteiger partial charge >= 0.3 is 0 Å². The van der Waals surface area contributed by atoms with Gasteiger partial charge in [-0.05, 0) is 61.1 Å². The summed E-state index contributed by atoms with van der Waals surface area (Å²) >= 11 is 0. The van der Waals surface area contributed by atoms with E-state index in [2.05, 4.69) is 13.8 Å². The molecule has 1 fully saturated rings. The second-order valence-electron chi connectivity index (χ2n) is 8.61. The molecule has 0 bridgehead atoms. The van der Waals surface area contributed by atoms with E-state index in [4.69, 9.17) is 4.74 Å². The Morgan fingerprint density at radius 1 is 1.16 bits per heavy atom. The number of halogens is 1. The van der Waals surface area contributed by atoms with Gasteiger partial charge in [0.25, 0.3) is 5.91 Å². The summed E-state index contributed by atoms with van der Waals surface area (Å²) in [6.07, 6.45) is -0.396. The molecule has 31 heavy (non-hydrogen) atoms. The summed E-state index contributed by atoms with van der Waals surface area (Å²) in [5.74, 6) is 0.263. The van der Waals surface area contributed by atoms with Crippen LogP contribution in [0.5, 0.6) is 5.75 Å². The molecule has 1 saturated heterocycles. The van der Waals surface area contributed by atoms with Gasteiger partial charge in [0, 0.05) is 12.6 Å². The molecular formula is C24H30FNO4S. The average Bonchev–Trinajstić information content (AvgIpc) is 3.06. The van der Waals surface area contributed by atoms with E-state index in [1.807, 2.05) is 25.1 Å². The number of hydrogen-bond acceptors (Lipinski definition) is 4. The summed E-state index contributed by atoms with van der Waals surface area (Å²) in [5.41, 5.74) is 2.78. The van der Waals surface area contributed by atoms with Crippen LogP contribution >= 0.6 is 0 Å². The second kappa shape index (κ2) is 9.39. The quantitative estimate of drug-likeness (QED) is 0.637. The lowest BCUT2D eigenvalue weighted by Gasteiger charge is -2.31. The Kier molecular flexibility index (Phi) is 7.04. The van der Waals surface area contributed by atoms with Crippen molar-refractivity contribution in [3.8, 4) is 5.75 Å². The molecule has 3 rings (SSSR count). The molecule has 1 heterocycles. The number of carbonyl (C=O) groups is 1. The smallest absolute Gasteiger partial charge is 0.263 e. The van der Waals surface area contributed by atoms with E-state index in [0.29, 0.717) is 12.2 Å². The highest BCUT2D eigenvalue weighted by atomic mass is 32.2. The molecule has 2 atom stereocenters. The van der Waals surface area contributed by atoms with E-state index >= 15 is 0 Å². The van der Waals surface area contributed by atoms with Crippen molar-refractivity contribution in [1.29, 1.82) is 0 Å². The third-order valence-corrected chi connectivity index (χ3v) is 7.39. The van der Waals surface area contributed by atoms with E-state index in [1.165, 1.54) is 12.1 Å². The highest BCUT2D eigenvalue weighted by Crippen LogP contribution is 2.29. The molecule has 1 amide bonds.